The van der Waals surface area contributed by atoms with Gasteiger partial charge in [-0.1, -0.05) is 17.7 Å². The van der Waals surface area contributed by atoms with E-state index in [1.54, 1.807) is 6.07 Å². The Morgan fingerprint density at radius 3 is 2.82 bits per heavy atom. The van der Waals surface area contributed by atoms with E-state index in [2.05, 4.69) is 28.7 Å². The number of nitrogens with one attached hydrogen (secondary N) is 1. The van der Waals surface area contributed by atoms with Gasteiger partial charge in [0.15, 0.2) is 5.13 Å². The number of amides is 1. The zero-order valence-electron chi connectivity index (χ0n) is 12.6. The Morgan fingerprint density at radius 1 is 1.41 bits per heavy atom. The number of nitrogens with zero attached hydrogens (tertiary/aromatic N) is 2. The van der Waals surface area contributed by atoms with Gasteiger partial charge in [-0.25, -0.2) is 4.98 Å². The average molecular weight is 334 g/mol. The first kappa shape index (κ1) is 15.1. The minimum Gasteiger partial charge on any atom is -0.344 e. The van der Waals surface area contributed by atoms with Crippen LogP contribution in [0.5, 0.6) is 0 Å². The molecule has 1 N–H and O–H groups in total. The van der Waals surface area contributed by atoms with Crippen LogP contribution in [0.1, 0.15) is 35.9 Å². The van der Waals surface area contributed by atoms with Gasteiger partial charge in [-0.2, -0.15) is 0 Å². The largest absolute Gasteiger partial charge is 0.344 e. The molecule has 0 saturated heterocycles. The number of fused-ring (bicyclic) bond motifs is 1. The monoisotopic (exact) mass is 333 g/mol. The van der Waals surface area contributed by atoms with Gasteiger partial charge in [0.2, 0.25) is 0 Å². The van der Waals surface area contributed by atoms with Crippen LogP contribution >= 0.6 is 22.9 Å². The zero-order chi connectivity index (χ0) is 15.9. The lowest BCUT2D eigenvalue weighted by Gasteiger charge is -2.08. The van der Waals surface area contributed by atoms with Crippen molar-refractivity contribution < 1.29 is 4.79 Å². The number of carbonyl (C=O) groups is 1. The maximum Gasteiger partial charge on any atom is 0.259 e. The first-order chi connectivity index (χ1) is 10.5. The first-order valence-corrected chi connectivity index (χ1v) is 8.25. The summed E-state index contributed by atoms with van der Waals surface area (Å²) < 4.78 is 2.06. The molecule has 1 amide bonds. The summed E-state index contributed by atoms with van der Waals surface area (Å²) in [6.07, 6.45) is 1.88. The van der Waals surface area contributed by atoms with Crippen LogP contribution in [-0.4, -0.2) is 15.5 Å². The highest BCUT2D eigenvalue weighted by molar-refractivity contribution is 7.13. The molecule has 4 nitrogen and oxygen atoms in total. The molecule has 114 valence electrons. The number of carbonyl (C=O) groups excluding carboxylic acids is 1. The topological polar surface area (TPSA) is 46.9 Å². The standard InChI is InChI=1S/C16H16ClN3OS/c1-9(2)20-7-13(12-5-4-11(17)6-14(12)20)15(21)19-16-18-10(3)8-22-16/h4-9H,1-3H3,(H,18,19,21). The van der Waals surface area contributed by atoms with Crippen molar-refractivity contribution in [2.75, 3.05) is 5.32 Å². The molecule has 0 aliphatic heterocycles. The van der Waals surface area contributed by atoms with Gasteiger partial charge in [0.25, 0.3) is 5.91 Å². The smallest absolute Gasteiger partial charge is 0.259 e. The van der Waals surface area contributed by atoms with Crippen LogP contribution in [-0.2, 0) is 0 Å². The van der Waals surface area contributed by atoms with E-state index in [1.807, 2.05) is 30.6 Å². The van der Waals surface area contributed by atoms with Crippen molar-refractivity contribution in [3.8, 4) is 0 Å². The third-order valence-electron chi connectivity index (χ3n) is 3.44. The molecule has 3 rings (SSSR count). The molecule has 0 unspecified atom stereocenters. The molecular weight excluding hydrogens is 318 g/mol. The summed E-state index contributed by atoms with van der Waals surface area (Å²) >= 11 is 7.52. The summed E-state index contributed by atoms with van der Waals surface area (Å²) in [6, 6.07) is 5.82. The van der Waals surface area contributed by atoms with Crippen LogP contribution in [0.3, 0.4) is 0 Å². The van der Waals surface area contributed by atoms with Gasteiger partial charge in [-0.3, -0.25) is 10.1 Å². The number of aromatic nitrogens is 2. The van der Waals surface area contributed by atoms with Gasteiger partial charge in [0.05, 0.1) is 16.8 Å². The van der Waals surface area contributed by atoms with E-state index in [-0.39, 0.29) is 11.9 Å². The number of hydrogen-bond acceptors (Lipinski definition) is 3. The fraction of sp³-hybridized carbons (Fsp3) is 0.250. The second-order valence-corrected chi connectivity index (χ2v) is 6.75. The van der Waals surface area contributed by atoms with Crippen molar-refractivity contribution in [3.63, 3.8) is 0 Å². The lowest BCUT2D eigenvalue weighted by Crippen LogP contribution is -2.11. The third kappa shape index (κ3) is 2.74. The molecule has 0 spiro atoms. The van der Waals surface area contributed by atoms with E-state index in [1.165, 1.54) is 11.3 Å². The average Bonchev–Trinajstić information content (AvgIpc) is 3.02. The molecule has 3 aromatic rings. The Kier molecular flexibility index (Phi) is 3.93. The molecule has 0 aliphatic rings. The maximum atomic E-state index is 12.6. The number of benzene rings is 1. The van der Waals surface area contributed by atoms with Crippen molar-refractivity contribution in [1.29, 1.82) is 0 Å². The second kappa shape index (κ2) is 5.74. The minimum atomic E-state index is -0.152. The molecule has 0 bridgehead atoms. The summed E-state index contributed by atoms with van der Waals surface area (Å²) in [5, 5.41) is 6.94. The molecule has 2 heterocycles. The summed E-state index contributed by atoms with van der Waals surface area (Å²) in [5.41, 5.74) is 2.49. The zero-order valence-corrected chi connectivity index (χ0v) is 14.1. The predicted molar refractivity (Wildman–Crippen MR) is 92.1 cm³/mol. The Hall–Kier alpha value is -1.85. The summed E-state index contributed by atoms with van der Waals surface area (Å²) in [7, 11) is 0. The molecule has 2 aromatic heterocycles. The lowest BCUT2D eigenvalue weighted by molar-refractivity contribution is 0.102. The molecule has 0 fully saturated rings. The molecule has 0 radical (unpaired) electrons. The van der Waals surface area contributed by atoms with Gasteiger partial charge in [0, 0.05) is 28.0 Å². The molecule has 0 atom stereocenters. The number of rotatable bonds is 3. The normalized spacial score (nSPS) is 11.3. The van der Waals surface area contributed by atoms with Crippen LogP contribution in [0.2, 0.25) is 5.02 Å². The number of halogens is 1. The molecular formula is C16H16ClN3OS. The van der Waals surface area contributed by atoms with E-state index in [0.717, 1.165) is 16.6 Å². The van der Waals surface area contributed by atoms with Crippen LogP contribution < -0.4 is 5.32 Å². The number of hydrogen-bond donors (Lipinski definition) is 1. The highest BCUT2D eigenvalue weighted by Gasteiger charge is 2.17. The Morgan fingerprint density at radius 2 is 2.18 bits per heavy atom. The third-order valence-corrected chi connectivity index (χ3v) is 4.55. The first-order valence-electron chi connectivity index (χ1n) is 6.99. The van der Waals surface area contributed by atoms with Gasteiger partial charge in [0.1, 0.15) is 0 Å². The van der Waals surface area contributed by atoms with Gasteiger partial charge >= 0.3 is 0 Å². The van der Waals surface area contributed by atoms with E-state index >= 15 is 0 Å². The van der Waals surface area contributed by atoms with E-state index < -0.39 is 0 Å². The summed E-state index contributed by atoms with van der Waals surface area (Å²) in [4.78, 5) is 16.8. The highest BCUT2D eigenvalue weighted by atomic mass is 35.5. The fourth-order valence-corrected chi connectivity index (χ4v) is 3.26. The quantitative estimate of drug-likeness (QED) is 0.741. The molecule has 0 aliphatic carbocycles. The van der Waals surface area contributed by atoms with Crippen LogP contribution in [0, 0.1) is 6.92 Å². The maximum absolute atomic E-state index is 12.6. The van der Waals surface area contributed by atoms with Gasteiger partial charge in [-0.05, 0) is 32.9 Å². The van der Waals surface area contributed by atoms with Crippen LogP contribution in [0.4, 0.5) is 5.13 Å². The summed E-state index contributed by atoms with van der Waals surface area (Å²) in [6.45, 7) is 6.05. The van der Waals surface area contributed by atoms with Crippen LogP contribution in [0.25, 0.3) is 10.9 Å². The molecule has 22 heavy (non-hydrogen) atoms. The van der Waals surface area contributed by atoms with Crippen molar-refractivity contribution in [2.24, 2.45) is 0 Å². The predicted octanol–water partition coefficient (Wildman–Crippen LogP) is 4.89. The van der Waals surface area contributed by atoms with Crippen molar-refractivity contribution in [1.82, 2.24) is 9.55 Å². The van der Waals surface area contributed by atoms with E-state index in [0.29, 0.717) is 15.7 Å². The van der Waals surface area contributed by atoms with Crippen molar-refractivity contribution >= 4 is 44.9 Å². The number of anilines is 1. The van der Waals surface area contributed by atoms with Crippen LogP contribution in [0.15, 0.2) is 29.8 Å². The Balaban J connectivity index is 2.04. The van der Waals surface area contributed by atoms with E-state index in [9.17, 15) is 4.79 Å². The van der Waals surface area contributed by atoms with Gasteiger partial charge < -0.3 is 4.57 Å². The van der Waals surface area contributed by atoms with Gasteiger partial charge in [-0.15, -0.1) is 11.3 Å². The SMILES string of the molecule is Cc1csc(NC(=O)c2cn(C(C)C)c3cc(Cl)ccc23)n1. The Labute approximate surface area is 137 Å². The molecule has 6 heteroatoms. The highest BCUT2D eigenvalue weighted by Crippen LogP contribution is 2.28. The molecule has 1 aromatic carbocycles. The number of aryl methyl sites for hydroxylation is 1. The lowest BCUT2D eigenvalue weighted by atomic mass is 10.1. The fourth-order valence-electron chi connectivity index (χ4n) is 2.41. The van der Waals surface area contributed by atoms with E-state index in [4.69, 9.17) is 11.6 Å². The Bertz CT molecular complexity index is 850. The summed E-state index contributed by atoms with van der Waals surface area (Å²) in [5.74, 6) is -0.152. The van der Waals surface area contributed by atoms with Crippen molar-refractivity contribution in [3.05, 3.63) is 46.1 Å². The number of thiazole rings is 1. The van der Waals surface area contributed by atoms with Crippen molar-refractivity contribution in [2.45, 2.75) is 26.8 Å². The molecule has 0 saturated carbocycles. The minimum absolute atomic E-state index is 0.152. The second-order valence-electron chi connectivity index (χ2n) is 5.45.